The first-order valence-corrected chi connectivity index (χ1v) is 33.0. The molecule has 1 saturated heterocycles. The van der Waals surface area contributed by atoms with Crippen LogP contribution < -0.4 is 26.5 Å². The number of rotatable bonds is 20. The van der Waals surface area contributed by atoms with Crippen LogP contribution in [0.1, 0.15) is 79.6 Å². The number of carbonyl (C=O) groups is 4. The first-order valence-electron chi connectivity index (χ1n) is 29.1. The van der Waals surface area contributed by atoms with Crippen molar-refractivity contribution in [1.29, 1.82) is 0 Å². The van der Waals surface area contributed by atoms with E-state index in [9.17, 15) is 4.79 Å². The van der Waals surface area contributed by atoms with Gasteiger partial charge in [-0.15, -0.1) is 23.1 Å². The number of thiazole rings is 1. The van der Waals surface area contributed by atoms with E-state index in [1.54, 1.807) is 26.2 Å². The number of β-lactam (4-membered cyclic amide) rings is 1. The highest BCUT2D eigenvalue weighted by Crippen LogP contribution is 2.58. The lowest BCUT2D eigenvalue weighted by Crippen LogP contribution is -2.71. The Hall–Kier alpha value is -8.94. The lowest BCUT2D eigenvalue weighted by Gasteiger charge is -2.50. The number of fused-ring (bicyclic) bond motifs is 1. The Morgan fingerprint density at radius 2 is 1.10 bits per heavy atom. The van der Waals surface area contributed by atoms with Crippen molar-refractivity contribution in [3.63, 3.8) is 0 Å². The summed E-state index contributed by atoms with van der Waals surface area (Å²) in [4.78, 5) is 73.3. The minimum absolute atomic E-state index is 0.143. The van der Waals surface area contributed by atoms with Crippen LogP contribution in [0.4, 0.5) is 5.13 Å². The van der Waals surface area contributed by atoms with Gasteiger partial charge in [-0.25, -0.2) is 14.6 Å². The fourth-order valence-corrected chi connectivity index (χ4v) is 18.3. The third-order valence-electron chi connectivity index (χ3n) is 16.1. The van der Waals surface area contributed by atoms with Gasteiger partial charge in [0.2, 0.25) is 5.60 Å². The van der Waals surface area contributed by atoms with Gasteiger partial charge in [-0.3, -0.25) is 14.5 Å². The first kappa shape index (κ1) is 58.4. The van der Waals surface area contributed by atoms with Crippen LogP contribution in [-0.4, -0.2) is 73.9 Å². The second-order valence-electron chi connectivity index (χ2n) is 22.8. The molecule has 12 nitrogen and oxygen atoms in total. The number of anilines is 1. The van der Waals surface area contributed by atoms with Crippen LogP contribution in [0, 0.1) is 0 Å². The molecule has 1 unspecified atom stereocenters. The molecule has 3 aliphatic rings. The topological polar surface area (TPSA) is 149 Å². The number of nitrogens with zero attached hydrogens (tertiary/aromatic N) is 3. The quantitative estimate of drug-likeness (QED) is 0.0189. The van der Waals surface area contributed by atoms with Crippen LogP contribution >= 0.6 is 30.4 Å². The molecule has 8 aromatic carbocycles. The highest BCUT2D eigenvalue weighted by molar-refractivity contribution is 8.00. The van der Waals surface area contributed by atoms with Gasteiger partial charge in [-0.05, 0) is 91.4 Å². The summed E-state index contributed by atoms with van der Waals surface area (Å²) < 4.78 is 12.6. The number of oxime groups is 1. The maximum absolute atomic E-state index is 15.7. The summed E-state index contributed by atoms with van der Waals surface area (Å²) in [5.41, 5.74) is 1.90. The molecule has 1 aliphatic carbocycles. The Balaban J connectivity index is 0.931. The minimum atomic E-state index is -2.64. The number of ether oxygens (including phenoxy) is 2. The molecule has 2 fully saturated rings. The van der Waals surface area contributed by atoms with E-state index in [1.807, 2.05) is 170 Å². The average molecular weight is 1210 g/mol. The molecule has 2 atom stereocenters. The molecule has 436 valence electrons. The molecule has 87 heavy (non-hydrogen) atoms. The molecule has 0 bridgehead atoms. The summed E-state index contributed by atoms with van der Waals surface area (Å²) in [7, 11) is -2.64. The highest BCUT2D eigenvalue weighted by atomic mass is 32.2. The molecule has 12 rings (SSSR count). The number of amides is 2. The van der Waals surface area contributed by atoms with Crippen molar-refractivity contribution in [2.75, 3.05) is 17.2 Å². The van der Waals surface area contributed by atoms with E-state index in [4.69, 9.17) is 19.3 Å². The van der Waals surface area contributed by atoms with Gasteiger partial charge in [0.15, 0.2) is 16.9 Å². The van der Waals surface area contributed by atoms with Crippen molar-refractivity contribution in [3.05, 3.63) is 293 Å². The normalized spacial score (nSPS) is 16.6. The van der Waals surface area contributed by atoms with Gasteiger partial charge in [0, 0.05) is 29.5 Å². The second kappa shape index (κ2) is 25.2. The van der Waals surface area contributed by atoms with Gasteiger partial charge in [-0.1, -0.05) is 211 Å². The van der Waals surface area contributed by atoms with Crippen molar-refractivity contribution in [2.45, 2.75) is 74.3 Å². The molecule has 2 aliphatic heterocycles. The molecule has 9 aromatic rings. The zero-order valence-corrected chi connectivity index (χ0v) is 50.9. The van der Waals surface area contributed by atoms with Crippen molar-refractivity contribution >= 4 is 80.9 Å². The minimum Gasteiger partial charge on any atom is -0.457 e. The molecule has 0 radical (unpaired) electrons. The van der Waals surface area contributed by atoms with E-state index in [0.29, 0.717) is 36.3 Å². The van der Waals surface area contributed by atoms with E-state index in [0.717, 1.165) is 49.3 Å². The first-order chi connectivity index (χ1) is 42.4. The van der Waals surface area contributed by atoms with Crippen LogP contribution in [-0.2, 0) is 39.0 Å². The fourth-order valence-electron chi connectivity index (χ4n) is 11.7. The molecule has 15 heteroatoms. The fraction of sp³-hybridized carbons (Fsp3) is 0.194. The van der Waals surface area contributed by atoms with E-state index in [1.165, 1.54) is 28.0 Å². The lowest BCUT2D eigenvalue weighted by molar-refractivity contribution is -0.196. The van der Waals surface area contributed by atoms with Crippen LogP contribution in [0.2, 0.25) is 0 Å². The summed E-state index contributed by atoms with van der Waals surface area (Å²) in [6, 6.07) is 79.5. The summed E-state index contributed by atoms with van der Waals surface area (Å²) in [5.74, 6) is -2.20. The Labute approximate surface area is 516 Å². The third-order valence-corrected chi connectivity index (χ3v) is 22.6. The van der Waals surface area contributed by atoms with Gasteiger partial charge in [0.1, 0.15) is 57.1 Å². The number of aromatic nitrogens is 1. The zero-order valence-electron chi connectivity index (χ0n) is 48.4. The predicted octanol–water partition coefficient (Wildman–Crippen LogP) is 12.5. The molecule has 2 amide bonds. The summed E-state index contributed by atoms with van der Waals surface area (Å²) in [6.07, 6.45) is 0.900. The Morgan fingerprint density at radius 1 is 0.655 bits per heavy atom. The monoisotopic (exact) mass is 1210 g/mol. The number of hydrogen-bond donors (Lipinski definition) is 2. The molecular weight excluding hydrogens is 1140 g/mol. The SMILES string of the molecule is CC(C)(C)OC(=O)C1(O/N=C(/C(=O)NC2C(=O)N3C(C(=O)OC(c4ccccc4)c4ccccc4)=C(C[P+](c4ccccc4)(c4ccccc4)c4ccccc4)CS[C@H]23)c2csc(NC(c3ccccc3)(c3ccccc3)c3ccccc3)n2)CCC1. The zero-order chi connectivity index (χ0) is 60.0. The van der Waals surface area contributed by atoms with Crippen LogP contribution in [0.5, 0.6) is 0 Å². The van der Waals surface area contributed by atoms with Crippen LogP contribution in [0.3, 0.4) is 0 Å². The molecule has 1 aromatic heterocycles. The summed E-state index contributed by atoms with van der Waals surface area (Å²) in [5, 5.41) is 16.1. The van der Waals surface area contributed by atoms with Gasteiger partial charge < -0.3 is 24.9 Å². The standard InChI is InChI=1S/C72H64N5O7PS2/c1-70(2,3)83-68(81)71(45-28-46-71)84-76-60(59-49-87-69(73-59)75-72(53-33-16-6-17-34-53,54-35-18-7-19-36-54)55-37-20-8-21-38-55)64(78)74-61-65(79)77-62(67(80)82-63(50-29-12-4-13-30-50)51-31-14-5-15-32-51)52(48-86-66(61)77)47-85(56-39-22-9-23-40-56,57-41-24-10-25-42-57)58-43-26-11-27-44-58/h4-27,29-44,49,61,63,66H,28,45-48H2,1-3H3,(H-,73,74,75,78)/p+1/b76-60+/t61?,66-/m1/s1. The van der Waals surface area contributed by atoms with E-state index in [2.05, 4.69) is 88.6 Å². The molecular formula is C72H65N5O7PS2+. The maximum atomic E-state index is 15.7. The van der Waals surface area contributed by atoms with Gasteiger partial charge >= 0.3 is 11.9 Å². The second-order valence-corrected chi connectivity index (χ2v) is 28.2. The molecule has 2 N–H and O–H groups in total. The third kappa shape index (κ3) is 11.8. The van der Waals surface area contributed by atoms with Crippen molar-refractivity contribution in [1.82, 2.24) is 15.2 Å². The largest absolute Gasteiger partial charge is 0.457 e. The average Bonchev–Trinajstić information content (AvgIpc) is 1.10. The number of hydrogen-bond acceptors (Lipinski definition) is 12. The predicted molar refractivity (Wildman–Crippen MR) is 348 cm³/mol. The molecule has 3 heterocycles. The van der Waals surface area contributed by atoms with Crippen molar-refractivity contribution in [2.24, 2.45) is 5.16 Å². The number of carbonyl (C=O) groups excluding carboxylic acids is 4. The van der Waals surface area contributed by atoms with Crippen LogP contribution in [0.15, 0.2) is 264 Å². The Bertz CT molecular complexity index is 3710. The molecule has 1 saturated carbocycles. The number of thioether (sulfide) groups is 1. The van der Waals surface area contributed by atoms with Crippen LogP contribution in [0.25, 0.3) is 0 Å². The van der Waals surface area contributed by atoms with Gasteiger partial charge in [0.05, 0.1) is 6.16 Å². The molecule has 0 spiro atoms. The van der Waals surface area contributed by atoms with E-state index in [-0.39, 0.29) is 17.1 Å². The van der Waals surface area contributed by atoms with E-state index >= 15 is 14.4 Å². The number of benzene rings is 8. The lowest BCUT2D eigenvalue weighted by atomic mass is 9.77. The van der Waals surface area contributed by atoms with Gasteiger partial charge in [-0.2, -0.15) is 0 Å². The summed E-state index contributed by atoms with van der Waals surface area (Å²) >= 11 is 2.74. The Morgan fingerprint density at radius 3 is 1.54 bits per heavy atom. The highest BCUT2D eigenvalue weighted by Gasteiger charge is 2.58. The maximum Gasteiger partial charge on any atom is 0.356 e. The summed E-state index contributed by atoms with van der Waals surface area (Å²) in [6.45, 7) is 5.36. The van der Waals surface area contributed by atoms with Gasteiger partial charge in [0.25, 0.3) is 11.8 Å². The van der Waals surface area contributed by atoms with Crippen molar-refractivity contribution in [3.8, 4) is 0 Å². The Kier molecular flexibility index (Phi) is 16.9. The van der Waals surface area contributed by atoms with E-state index < -0.39 is 65.3 Å². The smallest absolute Gasteiger partial charge is 0.356 e. The van der Waals surface area contributed by atoms with Crippen molar-refractivity contribution < 1.29 is 33.5 Å². The number of nitrogens with one attached hydrogen (secondary N) is 2. The number of esters is 2.